The number of carbonyl (C=O) groups is 1. The van der Waals surface area contributed by atoms with Gasteiger partial charge >= 0.3 is 0 Å². The normalized spacial score (nSPS) is 17.7. The summed E-state index contributed by atoms with van der Waals surface area (Å²) in [5.41, 5.74) is 0.413. The lowest BCUT2D eigenvalue weighted by molar-refractivity contribution is 0.0317. The highest BCUT2D eigenvalue weighted by atomic mass is 32.2. The van der Waals surface area contributed by atoms with Crippen molar-refractivity contribution in [2.75, 3.05) is 39.4 Å². The third-order valence-corrected chi connectivity index (χ3v) is 4.66. The summed E-state index contributed by atoms with van der Waals surface area (Å²) in [6.45, 7) is 6.92. The number of sulfonamides is 1. The quantitative estimate of drug-likeness (QED) is 0.760. The Labute approximate surface area is 136 Å². The number of carbonyl (C=O) groups excluding carboxylic acids is 1. The topological polar surface area (TPSA) is 102 Å². The molecule has 8 heteroatoms. The van der Waals surface area contributed by atoms with Gasteiger partial charge in [0.25, 0.3) is 5.91 Å². The average molecular weight is 341 g/mol. The van der Waals surface area contributed by atoms with E-state index in [2.05, 4.69) is 17.1 Å². The molecule has 0 unspecified atom stereocenters. The van der Waals surface area contributed by atoms with E-state index in [4.69, 9.17) is 9.88 Å². The SMILES string of the molecule is C[C@H](CNC(=O)c1ccc(S(N)(=O)=O)cc1)CN1CCOCC1. The monoisotopic (exact) mass is 341 g/mol. The van der Waals surface area contributed by atoms with Crippen LogP contribution in [0.5, 0.6) is 0 Å². The van der Waals surface area contributed by atoms with E-state index in [-0.39, 0.29) is 10.8 Å². The standard InChI is InChI=1S/C15H23N3O4S/c1-12(11-18-6-8-22-9-7-18)10-17-15(19)13-2-4-14(5-3-13)23(16,20)21/h2-5,12H,6-11H2,1H3,(H,17,19)(H2,16,20,21)/t12-/m1/s1. The van der Waals surface area contributed by atoms with Crippen LogP contribution in [-0.2, 0) is 14.8 Å². The predicted molar refractivity (Wildman–Crippen MR) is 86.6 cm³/mol. The molecule has 0 bridgehead atoms. The molecule has 1 amide bonds. The van der Waals surface area contributed by atoms with Crippen LogP contribution in [0.2, 0.25) is 0 Å². The Hall–Kier alpha value is -1.48. The second-order valence-corrected chi connectivity index (χ2v) is 7.36. The van der Waals surface area contributed by atoms with Crippen molar-refractivity contribution in [1.29, 1.82) is 0 Å². The van der Waals surface area contributed by atoms with Crippen molar-refractivity contribution >= 4 is 15.9 Å². The maximum Gasteiger partial charge on any atom is 0.251 e. The van der Waals surface area contributed by atoms with Gasteiger partial charge in [-0.2, -0.15) is 0 Å². The number of benzene rings is 1. The molecule has 2 rings (SSSR count). The second kappa shape index (κ2) is 7.87. The largest absolute Gasteiger partial charge is 0.379 e. The summed E-state index contributed by atoms with van der Waals surface area (Å²) < 4.78 is 27.7. The molecule has 1 atom stereocenters. The summed E-state index contributed by atoms with van der Waals surface area (Å²) in [5, 5.41) is 7.90. The summed E-state index contributed by atoms with van der Waals surface area (Å²) in [4.78, 5) is 14.4. The number of nitrogens with one attached hydrogen (secondary N) is 1. The van der Waals surface area contributed by atoms with Crippen LogP contribution in [0.1, 0.15) is 17.3 Å². The van der Waals surface area contributed by atoms with Crippen LogP contribution in [0.25, 0.3) is 0 Å². The van der Waals surface area contributed by atoms with E-state index < -0.39 is 10.0 Å². The van der Waals surface area contributed by atoms with Gasteiger partial charge in [-0.3, -0.25) is 9.69 Å². The molecular formula is C15H23N3O4S. The van der Waals surface area contributed by atoms with Gasteiger partial charge < -0.3 is 10.1 Å². The molecule has 23 heavy (non-hydrogen) atoms. The van der Waals surface area contributed by atoms with Gasteiger partial charge in [-0.15, -0.1) is 0 Å². The molecule has 128 valence electrons. The van der Waals surface area contributed by atoms with Gasteiger partial charge in [-0.25, -0.2) is 13.6 Å². The summed E-state index contributed by atoms with van der Waals surface area (Å²) in [6, 6.07) is 5.59. The first-order chi connectivity index (χ1) is 10.9. The lowest BCUT2D eigenvalue weighted by Crippen LogP contribution is -2.41. The van der Waals surface area contributed by atoms with Crippen LogP contribution in [0.4, 0.5) is 0 Å². The highest BCUT2D eigenvalue weighted by Crippen LogP contribution is 2.09. The molecule has 1 fully saturated rings. The smallest absolute Gasteiger partial charge is 0.251 e. The van der Waals surface area contributed by atoms with E-state index in [1.807, 2.05) is 0 Å². The van der Waals surface area contributed by atoms with E-state index >= 15 is 0 Å². The Bertz CT molecular complexity index is 625. The fourth-order valence-electron chi connectivity index (χ4n) is 2.45. The number of morpholine rings is 1. The van der Waals surface area contributed by atoms with Crippen LogP contribution in [-0.4, -0.2) is 58.6 Å². The van der Waals surface area contributed by atoms with Crippen LogP contribution in [0, 0.1) is 5.92 Å². The van der Waals surface area contributed by atoms with Gasteiger partial charge in [0, 0.05) is 31.7 Å². The summed E-state index contributed by atoms with van der Waals surface area (Å²) in [6.07, 6.45) is 0. The van der Waals surface area contributed by atoms with Gasteiger partial charge in [0.05, 0.1) is 18.1 Å². The Morgan fingerprint density at radius 1 is 1.30 bits per heavy atom. The zero-order chi connectivity index (χ0) is 16.9. The number of nitrogens with zero attached hydrogens (tertiary/aromatic N) is 1. The Kier molecular flexibility index (Phi) is 6.11. The van der Waals surface area contributed by atoms with E-state index in [0.29, 0.717) is 18.0 Å². The van der Waals surface area contributed by atoms with Crippen molar-refractivity contribution in [3.8, 4) is 0 Å². The maximum atomic E-state index is 12.1. The third-order valence-electron chi connectivity index (χ3n) is 3.73. The summed E-state index contributed by atoms with van der Waals surface area (Å²) in [7, 11) is -3.73. The van der Waals surface area contributed by atoms with Crippen LogP contribution in [0.15, 0.2) is 29.2 Å². The number of hydrogen-bond donors (Lipinski definition) is 2. The van der Waals surface area contributed by atoms with Crippen molar-refractivity contribution in [3.63, 3.8) is 0 Å². The van der Waals surface area contributed by atoms with Gasteiger partial charge in [0.1, 0.15) is 0 Å². The first-order valence-electron chi connectivity index (χ1n) is 7.57. The molecule has 3 N–H and O–H groups in total. The maximum absolute atomic E-state index is 12.1. The lowest BCUT2D eigenvalue weighted by Gasteiger charge is -2.29. The molecule has 1 aliphatic rings. The van der Waals surface area contributed by atoms with Gasteiger partial charge in [-0.05, 0) is 30.2 Å². The van der Waals surface area contributed by atoms with Gasteiger partial charge in [-0.1, -0.05) is 6.92 Å². The number of rotatable bonds is 6. The van der Waals surface area contributed by atoms with E-state index in [0.717, 1.165) is 32.8 Å². The molecule has 0 saturated carbocycles. The fourth-order valence-corrected chi connectivity index (χ4v) is 2.97. The second-order valence-electron chi connectivity index (χ2n) is 5.80. The number of amides is 1. The molecule has 0 spiro atoms. The van der Waals surface area contributed by atoms with Crippen molar-refractivity contribution in [2.24, 2.45) is 11.1 Å². The highest BCUT2D eigenvalue weighted by Gasteiger charge is 2.15. The number of primary sulfonamides is 1. The van der Waals surface area contributed by atoms with Crippen LogP contribution >= 0.6 is 0 Å². The fraction of sp³-hybridized carbons (Fsp3) is 0.533. The number of nitrogens with two attached hydrogens (primary N) is 1. The first-order valence-corrected chi connectivity index (χ1v) is 9.12. The van der Waals surface area contributed by atoms with Gasteiger partial charge in [0.15, 0.2) is 0 Å². The predicted octanol–water partition coefficient (Wildman–Crippen LogP) is 0.0321. The summed E-state index contributed by atoms with van der Waals surface area (Å²) in [5.74, 6) is 0.0977. The van der Waals surface area contributed by atoms with E-state index in [9.17, 15) is 13.2 Å². The molecular weight excluding hydrogens is 318 g/mol. The van der Waals surface area contributed by atoms with Gasteiger partial charge in [0.2, 0.25) is 10.0 Å². The van der Waals surface area contributed by atoms with Crippen molar-refractivity contribution < 1.29 is 17.9 Å². The zero-order valence-corrected chi connectivity index (χ0v) is 14.0. The molecule has 0 radical (unpaired) electrons. The van der Waals surface area contributed by atoms with Crippen molar-refractivity contribution in [3.05, 3.63) is 29.8 Å². The minimum atomic E-state index is -3.73. The molecule has 0 aromatic heterocycles. The minimum Gasteiger partial charge on any atom is -0.379 e. The molecule has 0 aliphatic carbocycles. The highest BCUT2D eigenvalue weighted by molar-refractivity contribution is 7.89. The minimum absolute atomic E-state index is 0.00487. The molecule has 1 heterocycles. The molecule has 1 saturated heterocycles. The average Bonchev–Trinajstić information content (AvgIpc) is 2.53. The Balaban J connectivity index is 1.82. The van der Waals surface area contributed by atoms with E-state index in [1.54, 1.807) is 0 Å². The first kappa shape index (κ1) is 17.9. The summed E-state index contributed by atoms with van der Waals surface area (Å²) >= 11 is 0. The molecule has 1 aromatic rings. The Morgan fingerprint density at radius 3 is 2.48 bits per heavy atom. The van der Waals surface area contributed by atoms with Crippen LogP contribution in [0.3, 0.4) is 0 Å². The van der Waals surface area contributed by atoms with E-state index in [1.165, 1.54) is 24.3 Å². The van der Waals surface area contributed by atoms with Crippen LogP contribution < -0.4 is 10.5 Å². The number of hydrogen-bond acceptors (Lipinski definition) is 5. The molecule has 7 nitrogen and oxygen atoms in total. The number of ether oxygens (including phenoxy) is 1. The molecule has 1 aromatic carbocycles. The third kappa shape index (κ3) is 5.58. The van der Waals surface area contributed by atoms with Crippen molar-refractivity contribution in [2.45, 2.75) is 11.8 Å². The zero-order valence-electron chi connectivity index (χ0n) is 13.2. The molecule has 1 aliphatic heterocycles. The lowest BCUT2D eigenvalue weighted by atomic mass is 10.1. The van der Waals surface area contributed by atoms with Crippen molar-refractivity contribution in [1.82, 2.24) is 10.2 Å². The Morgan fingerprint density at radius 2 is 1.91 bits per heavy atom.